The Balaban J connectivity index is 1.04. The van der Waals surface area contributed by atoms with E-state index in [4.69, 9.17) is 14.7 Å². The third-order valence-electron chi connectivity index (χ3n) is 11.4. The molecule has 2 aliphatic heterocycles. The van der Waals surface area contributed by atoms with Crippen LogP contribution in [0.4, 0.5) is 17.1 Å². The number of hydrogen-bond donors (Lipinski definition) is 0. The molecule has 1 aliphatic carbocycles. The number of imidazole rings is 1. The van der Waals surface area contributed by atoms with Gasteiger partial charge in [0.05, 0.1) is 16.9 Å². The highest BCUT2D eigenvalue weighted by molar-refractivity contribution is 7.02. The number of allylic oxidation sites excluding steroid dienone is 3. The zero-order chi connectivity index (χ0) is 35.3. The quantitative estimate of drug-likeness (QED) is 0.172. The van der Waals surface area contributed by atoms with Gasteiger partial charge < -0.3 is 14.2 Å². The molecule has 2 unspecified atom stereocenters. The molecule has 11 rings (SSSR count). The van der Waals surface area contributed by atoms with Gasteiger partial charge in [0.25, 0.3) is 0 Å². The topological polar surface area (TPSA) is 48.1 Å². The second kappa shape index (κ2) is 11.3. The van der Waals surface area contributed by atoms with Gasteiger partial charge in [0, 0.05) is 64.3 Å². The average molecular weight is 702 g/mol. The molecule has 53 heavy (non-hydrogen) atoms. The highest BCUT2D eigenvalue weighted by Crippen LogP contribution is 2.46. The fraction of sp³-hybridized carbons (Fsp3) is 0.0870. The van der Waals surface area contributed by atoms with Gasteiger partial charge in [-0.05, 0) is 82.7 Å². The largest absolute Gasteiger partial charge is 0.458 e. The fourth-order valence-corrected chi connectivity index (χ4v) is 12.0. The summed E-state index contributed by atoms with van der Waals surface area (Å²) in [5, 5.41) is 5.22. The lowest BCUT2D eigenvalue weighted by Crippen LogP contribution is -2.58. The predicted octanol–water partition coefficient (Wildman–Crippen LogP) is 9.68. The zero-order valence-corrected chi connectivity index (χ0v) is 30.4. The molecule has 6 nitrogen and oxygen atoms in total. The molecule has 0 amide bonds. The van der Waals surface area contributed by atoms with Crippen molar-refractivity contribution in [1.82, 2.24) is 19.1 Å². The maximum Gasteiger partial charge on any atom is 0.145 e. The Kier molecular flexibility index (Phi) is 6.43. The zero-order valence-electron chi connectivity index (χ0n) is 29.4. The molecule has 5 heterocycles. The fourth-order valence-electron chi connectivity index (χ4n) is 8.98. The number of fused-ring (bicyclic) bond motifs is 11. The van der Waals surface area contributed by atoms with E-state index >= 15 is 0 Å². The van der Waals surface area contributed by atoms with Gasteiger partial charge >= 0.3 is 0 Å². The van der Waals surface area contributed by atoms with Crippen LogP contribution < -0.4 is 20.0 Å². The van der Waals surface area contributed by atoms with Gasteiger partial charge in [-0.3, -0.25) is 4.57 Å². The molecular weight excluding hydrogens is 667 g/mol. The normalized spacial score (nSPS) is 17.8. The number of hydrogen-bond acceptors (Lipinski definition) is 4. The minimum absolute atomic E-state index is 0.0845. The molecule has 7 heteroatoms. The molecule has 0 bridgehead atoms. The van der Waals surface area contributed by atoms with E-state index < -0.39 is 8.07 Å². The molecule has 0 radical (unpaired) electrons. The molecule has 0 spiro atoms. The number of benzene rings is 5. The Bertz CT molecular complexity index is 2830. The predicted molar refractivity (Wildman–Crippen MR) is 217 cm³/mol. The Hall–Kier alpha value is -6.44. The van der Waals surface area contributed by atoms with Crippen molar-refractivity contribution in [3.63, 3.8) is 0 Å². The highest BCUT2D eigenvalue weighted by atomic mass is 28.3. The Morgan fingerprint density at radius 3 is 2.36 bits per heavy atom. The van der Waals surface area contributed by atoms with Crippen LogP contribution in [0.15, 0.2) is 170 Å². The van der Waals surface area contributed by atoms with Gasteiger partial charge in [-0.25, -0.2) is 9.97 Å². The van der Waals surface area contributed by atoms with Gasteiger partial charge in [0.2, 0.25) is 0 Å². The summed E-state index contributed by atoms with van der Waals surface area (Å²) in [5.74, 6) is 2.92. The van der Waals surface area contributed by atoms with Crippen molar-refractivity contribution >= 4 is 57.4 Å². The SMILES string of the molecule is C[Si]1(C)c2ccccc2N(c2ccccc2)c2cc3c(cc21)c1cccnc1n3-c1cccc(OC2=CC3c4nccn4-c4ccccc4C3C=C2)c1. The third kappa shape index (κ3) is 4.44. The second-order valence-electron chi connectivity index (χ2n) is 14.7. The third-order valence-corrected chi connectivity index (χ3v) is 14.9. The number of pyridine rings is 1. The van der Waals surface area contributed by atoms with Gasteiger partial charge in [-0.15, -0.1) is 0 Å². The second-order valence-corrected chi connectivity index (χ2v) is 19.0. The number of aromatic nitrogens is 4. The Morgan fingerprint density at radius 2 is 1.45 bits per heavy atom. The molecule has 5 aromatic carbocycles. The van der Waals surface area contributed by atoms with Gasteiger partial charge in [-0.2, -0.15) is 0 Å². The molecule has 8 aromatic rings. The van der Waals surface area contributed by atoms with E-state index in [1.54, 1.807) is 0 Å². The maximum absolute atomic E-state index is 6.68. The first-order valence-electron chi connectivity index (χ1n) is 18.2. The van der Waals surface area contributed by atoms with Gasteiger partial charge in [-0.1, -0.05) is 85.9 Å². The summed E-state index contributed by atoms with van der Waals surface area (Å²) >= 11 is 0. The van der Waals surface area contributed by atoms with E-state index in [1.165, 1.54) is 38.4 Å². The Labute approximate surface area is 308 Å². The van der Waals surface area contributed by atoms with Crippen molar-refractivity contribution < 1.29 is 4.74 Å². The van der Waals surface area contributed by atoms with Crippen LogP contribution in [0.2, 0.25) is 13.1 Å². The summed E-state index contributed by atoms with van der Waals surface area (Å²) < 4.78 is 11.2. The van der Waals surface area contributed by atoms with Crippen molar-refractivity contribution in [3.05, 3.63) is 181 Å². The number of anilines is 3. The lowest BCUT2D eigenvalue weighted by molar-refractivity contribution is 0.430. The molecular formula is C46H35N5OSi. The van der Waals surface area contributed by atoms with E-state index in [1.807, 2.05) is 24.5 Å². The molecule has 0 saturated heterocycles. The highest BCUT2D eigenvalue weighted by Gasteiger charge is 2.39. The van der Waals surface area contributed by atoms with E-state index in [9.17, 15) is 0 Å². The summed E-state index contributed by atoms with van der Waals surface area (Å²) in [7, 11) is -2.07. The Morgan fingerprint density at radius 1 is 0.642 bits per heavy atom. The molecule has 2 atom stereocenters. The lowest BCUT2D eigenvalue weighted by atomic mass is 9.79. The van der Waals surface area contributed by atoms with Crippen molar-refractivity contribution in [3.8, 4) is 17.1 Å². The molecule has 0 N–H and O–H groups in total. The van der Waals surface area contributed by atoms with Crippen LogP contribution in [0.25, 0.3) is 33.3 Å². The van der Waals surface area contributed by atoms with Crippen LogP contribution >= 0.6 is 0 Å². The number of nitrogens with zero attached hydrogens (tertiary/aromatic N) is 5. The monoisotopic (exact) mass is 701 g/mol. The summed E-state index contributed by atoms with van der Waals surface area (Å²) in [6.07, 6.45) is 12.4. The van der Waals surface area contributed by atoms with E-state index in [0.29, 0.717) is 0 Å². The van der Waals surface area contributed by atoms with Crippen LogP contribution in [0, 0.1) is 0 Å². The van der Waals surface area contributed by atoms with Crippen LogP contribution in [0.5, 0.6) is 5.75 Å². The molecule has 0 fully saturated rings. The number of ether oxygens (including phenoxy) is 1. The first-order valence-corrected chi connectivity index (χ1v) is 21.2. The van der Waals surface area contributed by atoms with Crippen molar-refractivity contribution in [1.29, 1.82) is 0 Å². The van der Waals surface area contributed by atoms with Crippen LogP contribution in [-0.2, 0) is 0 Å². The molecule has 3 aliphatic rings. The summed E-state index contributed by atoms with van der Waals surface area (Å²) in [4.78, 5) is 12.2. The van der Waals surface area contributed by atoms with Gasteiger partial charge in [0.1, 0.15) is 31.1 Å². The maximum atomic E-state index is 6.68. The summed E-state index contributed by atoms with van der Waals surface area (Å²) in [5.41, 5.74) is 9.19. The summed E-state index contributed by atoms with van der Waals surface area (Å²) in [6.45, 7) is 4.96. The standard InChI is InChI=1S/C46H35N5OSi/c1-53(2)43-20-9-8-19-40(43)50(30-12-4-3-5-13-30)42-29-41-37(28-44(42)53)36-17-11-23-47-46(36)51(41)31-14-10-15-32(26-31)52-33-21-22-34-35-16-6-7-18-39(35)49-25-24-48-45(49)38(34)27-33/h3-29,34,38H,1-2H3. The van der Waals surface area contributed by atoms with E-state index in [2.05, 4.69) is 167 Å². The van der Waals surface area contributed by atoms with Crippen molar-refractivity contribution in [2.45, 2.75) is 24.9 Å². The molecule has 3 aromatic heterocycles. The average Bonchev–Trinajstić information content (AvgIpc) is 3.82. The van der Waals surface area contributed by atoms with E-state index in [0.717, 1.165) is 45.3 Å². The van der Waals surface area contributed by atoms with Crippen LogP contribution in [0.1, 0.15) is 23.2 Å². The number of rotatable bonds is 4. The molecule has 254 valence electrons. The lowest BCUT2D eigenvalue weighted by Gasteiger charge is -2.41. The minimum Gasteiger partial charge on any atom is -0.458 e. The smallest absolute Gasteiger partial charge is 0.145 e. The first-order chi connectivity index (χ1) is 26.0. The number of para-hydroxylation sites is 3. The van der Waals surface area contributed by atoms with Gasteiger partial charge in [0.15, 0.2) is 0 Å². The van der Waals surface area contributed by atoms with Crippen molar-refractivity contribution in [2.24, 2.45) is 0 Å². The van der Waals surface area contributed by atoms with Crippen molar-refractivity contribution in [2.75, 3.05) is 4.90 Å². The van der Waals surface area contributed by atoms with Crippen LogP contribution in [0.3, 0.4) is 0 Å². The molecule has 0 saturated carbocycles. The van der Waals surface area contributed by atoms with Crippen LogP contribution in [-0.4, -0.2) is 27.2 Å². The minimum atomic E-state index is -2.07. The van der Waals surface area contributed by atoms with E-state index in [-0.39, 0.29) is 11.8 Å². The first kappa shape index (κ1) is 30.2. The summed E-state index contributed by atoms with van der Waals surface area (Å²) in [6, 6.07) is 45.8.